The second-order valence-electron chi connectivity index (χ2n) is 3.74. The van der Waals surface area contributed by atoms with Gasteiger partial charge in [0, 0.05) is 7.05 Å². The molecule has 0 saturated heterocycles. The molecule has 9 heteroatoms. The van der Waals surface area contributed by atoms with Gasteiger partial charge in [-0.1, -0.05) is 0 Å². The van der Waals surface area contributed by atoms with Crippen LogP contribution in [0.15, 0.2) is 29.0 Å². The van der Waals surface area contributed by atoms with Gasteiger partial charge in [-0.05, 0) is 12.1 Å². The van der Waals surface area contributed by atoms with E-state index in [-0.39, 0.29) is 17.5 Å². The lowest BCUT2D eigenvalue weighted by atomic mass is 10.4. The van der Waals surface area contributed by atoms with E-state index in [0.717, 1.165) is 6.20 Å². The monoisotopic (exact) mass is 264 g/mol. The van der Waals surface area contributed by atoms with Gasteiger partial charge in [0.15, 0.2) is 0 Å². The molecule has 2 aromatic rings. The number of hydrogen-bond acceptors (Lipinski definition) is 8. The van der Waals surface area contributed by atoms with Crippen LogP contribution >= 0.6 is 0 Å². The summed E-state index contributed by atoms with van der Waals surface area (Å²) in [6, 6.07) is 3.51. The molecule has 3 N–H and O–H groups in total. The van der Waals surface area contributed by atoms with Gasteiger partial charge in [-0.2, -0.15) is 4.98 Å². The summed E-state index contributed by atoms with van der Waals surface area (Å²) in [5, 5.41) is 11.0. The molecule has 9 nitrogen and oxygen atoms in total. The van der Waals surface area contributed by atoms with Crippen LogP contribution in [0.4, 0.5) is 17.5 Å². The number of nitro groups is 1. The van der Waals surface area contributed by atoms with Crippen LogP contribution in [0.5, 0.6) is 0 Å². The Kier molecular flexibility index (Phi) is 3.57. The highest BCUT2D eigenvalue weighted by molar-refractivity contribution is 5.58. The van der Waals surface area contributed by atoms with Gasteiger partial charge in [-0.15, -0.1) is 0 Å². The molecule has 0 radical (unpaired) electrons. The Morgan fingerprint density at radius 3 is 3.00 bits per heavy atom. The molecule has 0 atom stereocenters. The lowest BCUT2D eigenvalue weighted by Gasteiger charge is -2.16. The van der Waals surface area contributed by atoms with Crippen molar-refractivity contribution in [1.82, 2.24) is 9.97 Å². The third-order valence-electron chi connectivity index (χ3n) is 2.41. The molecule has 0 fully saturated rings. The van der Waals surface area contributed by atoms with Crippen LogP contribution in [0.25, 0.3) is 0 Å². The Hall–Kier alpha value is -2.68. The summed E-state index contributed by atoms with van der Waals surface area (Å²) in [7, 11) is 1.66. The lowest BCUT2D eigenvalue weighted by Crippen LogP contribution is -2.20. The van der Waals surface area contributed by atoms with Gasteiger partial charge in [-0.3, -0.25) is 15.5 Å². The molecule has 19 heavy (non-hydrogen) atoms. The van der Waals surface area contributed by atoms with Gasteiger partial charge in [0.1, 0.15) is 12.0 Å². The first kappa shape index (κ1) is 12.8. The molecule has 0 aliphatic rings. The highest BCUT2D eigenvalue weighted by Crippen LogP contribution is 2.26. The molecule has 0 aliphatic carbocycles. The predicted octanol–water partition coefficient (Wildman–Crippen LogP) is 0.900. The quantitative estimate of drug-likeness (QED) is 0.463. The van der Waals surface area contributed by atoms with E-state index in [1.165, 1.54) is 6.26 Å². The maximum atomic E-state index is 11.0. The zero-order valence-corrected chi connectivity index (χ0v) is 10.1. The standard InChI is InChI=1S/C10H12N6O3/c1-15(6-7-3-2-4-19-7)9-8(16(17)18)5-12-10(13-9)14-11/h2-5H,6,11H2,1H3,(H,12,13,14). The summed E-state index contributed by atoms with van der Waals surface area (Å²) in [6.45, 7) is 0.342. The van der Waals surface area contributed by atoms with Crippen LogP contribution < -0.4 is 16.2 Å². The number of hydrazine groups is 1. The molecule has 0 spiro atoms. The zero-order valence-electron chi connectivity index (χ0n) is 10.1. The molecule has 2 heterocycles. The molecular weight excluding hydrogens is 252 g/mol. The van der Waals surface area contributed by atoms with Crippen LogP contribution in [-0.2, 0) is 6.54 Å². The van der Waals surface area contributed by atoms with Crippen molar-refractivity contribution in [2.24, 2.45) is 5.84 Å². The van der Waals surface area contributed by atoms with E-state index < -0.39 is 4.92 Å². The number of hydrogen-bond donors (Lipinski definition) is 2. The third kappa shape index (κ3) is 2.77. The van der Waals surface area contributed by atoms with Gasteiger partial charge in [0.25, 0.3) is 0 Å². The summed E-state index contributed by atoms with van der Waals surface area (Å²) in [4.78, 5) is 19.7. The molecule has 0 unspecified atom stereocenters. The van der Waals surface area contributed by atoms with Crippen LogP contribution in [0.1, 0.15) is 5.76 Å². The Bertz CT molecular complexity index is 571. The van der Waals surface area contributed by atoms with E-state index in [9.17, 15) is 10.1 Å². The zero-order chi connectivity index (χ0) is 13.8. The maximum Gasteiger partial charge on any atom is 0.329 e. The van der Waals surface area contributed by atoms with E-state index in [0.29, 0.717) is 12.3 Å². The number of furan rings is 1. The number of nitrogens with two attached hydrogens (primary N) is 1. The summed E-state index contributed by atoms with van der Waals surface area (Å²) in [6.07, 6.45) is 2.64. The topological polar surface area (TPSA) is 123 Å². The normalized spacial score (nSPS) is 10.2. The summed E-state index contributed by atoms with van der Waals surface area (Å²) in [5.74, 6) is 6.12. The number of nitrogens with zero attached hydrogens (tertiary/aromatic N) is 4. The number of rotatable bonds is 5. The van der Waals surface area contributed by atoms with Crippen molar-refractivity contribution in [3.63, 3.8) is 0 Å². The molecule has 100 valence electrons. The number of nitrogens with one attached hydrogen (secondary N) is 1. The molecule has 2 rings (SSSR count). The number of aromatic nitrogens is 2. The smallest absolute Gasteiger partial charge is 0.329 e. The van der Waals surface area contributed by atoms with Crippen molar-refractivity contribution in [1.29, 1.82) is 0 Å². The highest BCUT2D eigenvalue weighted by atomic mass is 16.6. The summed E-state index contributed by atoms with van der Waals surface area (Å²) in [5.41, 5.74) is 2.05. The molecule has 0 aliphatic heterocycles. The van der Waals surface area contributed by atoms with Crippen molar-refractivity contribution in [2.75, 3.05) is 17.4 Å². The Labute approximate surface area is 108 Å². The molecule has 2 aromatic heterocycles. The van der Waals surface area contributed by atoms with Crippen LogP contribution in [-0.4, -0.2) is 21.9 Å². The van der Waals surface area contributed by atoms with Crippen molar-refractivity contribution >= 4 is 17.5 Å². The van der Waals surface area contributed by atoms with E-state index >= 15 is 0 Å². The Morgan fingerprint density at radius 1 is 1.63 bits per heavy atom. The van der Waals surface area contributed by atoms with Crippen LogP contribution in [0.2, 0.25) is 0 Å². The summed E-state index contributed by atoms with van der Waals surface area (Å²) >= 11 is 0. The largest absolute Gasteiger partial charge is 0.467 e. The molecule has 0 saturated carbocycles. The average Bonchev–Trinajstić information content (AvgIpc) is 2.90. The minimum Gasteiger partial charge on any atom is -0.467 e. The van der Waals surface area contributed by atoms with Gasteiger partial charge < -0.3 is 9.32 Å². The van der Waals surface area contributed by atoms with E-state index in [4.69, 9.17) is 10.3 Å². The van der Waals surface area contributed by atoms with Crippen molar-refractivity contribution < 1.29 is 9.34 Å². The second kappa shape index (κ2) is 5.31. The highest BCUT2D eigenvalue weighted by Gasteiger charge is 2.21. The van der Waals surface area contributed by atoms with Gasteiger partial charge in [0.2, 0.25) is 11.8 Å². The SMILES string of the molecule is CN(Cc1ccco1)c1nc(NN)ncc1[N+](=O)[O-]. The third-order valence-corrected chi connectivity index (χ3v) is 2.41. The minimum absolute atomic E-state index is 0.104. The lowest BCUT2D eigenvalue weighted by molar-refractivity contribution is -0.384. The van der Waals surface area contributed by atoms with E-state index in [1.54, 1.807) is 24.1 Å². The maximum absolute atomic E-state index is 11.0. The first-order valence-electron chi connectivity index (χ1n) is 5.33. The Morgan fingerprint density at radius 2 is 2.42 bits per heavy atom. The molecular formula is C10H12N6O3. The first-order valence-corrected chi connectivity index (χ1v) is 5.33. The number of anilines is 2. The first-order chi connectivity index (χ1) is 9.11. The van der Waals surface area contributed by atoms with E-state index in [1.807, 2.05) is 0 Å². The van der Waals surface area contributed by atoms with Crippen molar-refractivity contribution in [3.05, 3.63) is 40.5 Å². The predicted molar refractivity (Wildman–Crippen MR) is 67.3 cm³/mol. The minimum atomic E-state index is -0.547. The molecule has 0 bridgehead atoms. The fourth-order valence-corrected chi connectivity index (χ4v) is 1.56. The van der Waals surface area contributed by atoms with Gasteiger partial charge >= 0.3 is 5.69 Å². The van der Waals surface area contributed by atoms with Gasteiger partial charge in [0.05, 0.1) is 17.7 Å². The second-order valence-corrected chi connectivity index (χ2v) is 3.74. The molecule has 0 amide bonds. The molecule has 0 aromatic carbocycles. The van der Waals surface area contributed by atoms with Gasteiger partial charge in [-0.25, -0.2) is 10.8 Å². The van der Waals surface area contributed by atoms with Crippen LogP contribution in [0.3, 0.4) is 0 Å². The van der Waals surface area contributed by atoms with E-state index in [2.05, 4.69) is 15.4 Å². The van der Waals surface area contributed by atoms with Crippen molar-refractivity contribution in [2.45, 2.75) is 6.54 Å². The fraction of sp³-hybridized carbons (Fsp3) is 0.200. The fourth-order valence-electron chi connectivity index (χ4n) is 1.56. The number of nitrogen functional groups attached to an aromatic ring is 1. The average molecular weight is 264 g/mol. The van der Waals surface area contributed by atoms with Crippen LogP contribution in [0, 0.1) is 10.1 Å². The summed E-state index contributed by atoms with van der Waals surface area (Å²) < 4.78 is 5.19. The van der Waals surface area contributed by atoms with Crippen molar-refractivity contribution in [3.8, 4) is 0 Å². The Balaban J connectivity index is 2.32.